The lowest BCUT2D eigenvalue weighted by molar-refractivity contribution is -0.897. The zero-order chi connectivity index (χ0) is 18.8. The summed E-state index contributed by atoms with van der Waals surface area (Å²) in [7, 11) is 0. The summed E-state index contributed by atoms with van der Waals surface area (Å²) in [5.41, 5.74) is 2.87. The third kappa shape index (κ3) is 4.32. The second-order valence-electron chi connectivity index (χ2n) is 7.23. The van der Waals surface area contributed by atoms with Gasteiger partial charge >= 0.3 is 0 Å². The first-order valence-electron chi connectivity index (χ1n) is 9.33. The van der Waals surface area contributed by atoms with Crippen LogP contribution in [0.2, 0.25) is 5.02 Å². The first-order chi connectivity index (χ1) is 13.1. The number of quaternary nitrogens is 1. The lowest BCUT2D eigenvalue weighted by Crippen LogP contribution is -3.14. The number of rotatable bonds is 4. The predicted octanol–water partition coefficient (Wildman–Crippen LogP) is 3.66. The van der Waals surface area contributed by atoms with Crippen LogP contribution in [0.3, 0.4) is 0 Å². The number of aromatic nitrogens is 1. The van der Waals surface area contributed by atoms with E-state index in [1.54, 1.807) is 0 Å². The highest BCUT2D eigenvalue weighted by Gasteiger charge is 2.27. The first kappa shape index (κ1) is 18.4. The number of aryl methyl sites for hydroxylation is 1. The Morgan fingerprint density at radius 1 is 1.26 bits per heavy atom. The van der Waals surface area contributed by atoms with Gasteiger partial charge in [0.2, 0.25) is 0 Å². The molecular weight excluding hydrogens is 378 g/mol. The van der Waals surface area contributed by atoms with Crippen molar-refractivity contribution < 1.29 is 9.69 Å². The van der Waals surface area contributed by atoms with Gasteiger partial charge in [-0.2, -0.15) is 0 Å². The molecule has 0 spiro atoms. The highest BCUT2D eigenvalue weighted by molar-refractivity contribution is 7.18. The average molecular weight is 401 g/mol. The van der Waals surface area contributed by atoms with Crippen molar-refractivity contribution in [3.63, 3.8) is 0 Å². The molecule has 0 atom stereocenters. The van der Waals surface area contributed by atoms with Gasteiger partial charge in [-0.15, -0.1) is 11.3 Å². The Kier molecular flexibility index (Phi) is 5.43. The summed E-state index contributed by atoms with van der Waals surface area (Å²) < 4.78 is 1.26. The lowest BCUT2D eigenvalue weighted by Gasteiger charge is -2.27. The summed E-state index contributed by atoms with van der Waals surface area (Å²) in [4.78, 5) is 18.5. The minimum absolute atomic E-state index is 0.0448. The fourth-order valence-electron chi connectivity index (χ4n) is 3.62. The van der Waals surface area contributed by atoms with E-state index in [-0.39, 0.29) is 5.91 Å². The van der Waals surface area contributed by atoms with Crippen molar-refractivity contribution in [3.05, 3.63) is 58.1 Å². The number of para-hydroxylation sites is 1. The van der Waals surface area contributed by atoms with Crippen molar-refractivity contribution >= 4 is 44.7 Å². The molecule has 0 unspecified atom stereocenters. The van der Waals surface area contributed by atoms with Gasteiger partial charge in [0.1, 0.15) is 0 Å². The average Bonchev–Trinajstić information content (AvgIpc) is 3.09. The van der Waals surface area contributed by atoms with Gasteiger partial charge in [-0.3, -0.25) is 4.79 Å². The minimum atomic E-state index is 0.0448. The Bertz CT molecular complexity index is 930. The van der Waals surface area contributed by atoms with Gasteiger partial charge < -0.3 is 10.2 Å². The van der Waals surface area contributed by atoms with Crippen LogP contribution in [0, 0.1) is 6.92 Å². The van der Waals surface area contributed by atoms with E-state index in [2.05, 4.69) is 23.5 Å². The van der Waals surface area contributed by atoms with Gasteiger partial charge in [0.15, 0.2) is 6.54 Å². The van der Waals surface area contributed by atoms with Crippen LogP contribution in [0.25, 0.3) is 10.2 Å². The zero-order valence-corrected chi connectivity index (χ0v) is 16.9. The number of hydrogen-bond donors (Lipinski definition) is 2. The van der Waals surface area contributed by atoms with E-state index >= 15 is 0 Å². The maximum Gasteiger partial charge on any atom is 0.279 e. The largest absolute Gasteiger partial charge is 0.327 e. The van der Waals surface area contributed by atoms with E-state index in [0.717, 1.165) is 42.7 Å². The molecule has 2 aromatic carbocycles. The molecule has 4 rings (SSSR count). The van der Waals surface area contributed by atoms with Crippen molar-refractivity contribution in [1.82, 2.24) is 4.98 Å². The van der Waals surface area contributed by atoms with Crippen molar-refractivity contribution in [2.45, 2.75) is 25.7 Å². The number of nitrogens with one attached hydrogen (secondary N) is 2. The molecule has 1 fully saturated rings. The number of benzene rings is 2. The van der Waals surface area contributed by atoms with Crippen molar-refractivity contribution in [3.8, 4) is 0 Å². The van der Waals surface area contributed by atoms with Gasteiger partial charge in [-0.05, 0) is 36.8 Å². The molecule has 0 bridgehead atoms. The smallest absolute Gasteiger partial charge is 0.279 e. The molecule has 1 aliphatic rings. The van der Waals surface area contributed by atoms with Crippen molar-refractivity contribution in [1.29, 1.82) is 0 Å². The molecule has 140 valence electrons. The lowest BCUT2D eigenvalue weighted by atomic mass is 9.97. The Morgan fingerprint density at radius 2 is 2.04 bits per heavy atom. The van der Waals surface area contributed by atoms with Crippen LogP contribution in [0.1, 0.15) is 29.3 Å². The number of thiazole rings is 1. The SMILES string of the molecule is Cc1ccc(NC(=O)C[NH+]2CCC(c3nc4ccccc4s3)CC2)cc1Cl. The maximum atomic E-state index is 12.4. The molecule has 1 amide bonds. The quantitative estimate of drug-likeness (QED) is 0.702. The Morgan fingerprint density at radius 3 is 2.78 bits per heavy atom. The summed E-state index contributed by atoms with van der Waals surface area (Å²) in [6, 6.07) is 14.0. The predicted molar refractivity (Wildman–Crippen MR) is 112 cm³/mol. The number of piperidine rings is 1. The van der Waals surface area contributed by atoms with Crippen LogP contribution in [-0.4, -0.2) is 30.5 Å². The zero-order valence-electron chi connectivity index (χ0n) is 15.3. The molecule has 0 radical (unpaired) electrons. The van der Waals surface area contributed by atoms with Crippen LogP contribution in [0.5, 0.6) is 0 Å². The number of anilines is 1. The number of nitrogens with zero attached hydrogens (tertiary/aromatic N) is 1. The number of amides is 1. The van der Waals surface area contributed by atoms with Gasteiger partial charge in [0, 0.05) is 29.5 Å². The van der Waals surface area contributed by atoms with Gasteiger partial charge in [-0.25, -0.2) is 4.98 Å². The van der Waals surface area contributed by atoms with E-state index in [9.17, 15) is 4.79 Å². The van der Waals surface area contributed by atoms with Crippen LogP contribution in [0.4, 0.5) is 5.69 Å². The molecule has 6 heteroatoms. The van der Waals surface area contributed by atoms with Crippen molar-refractivity contribution in [2.75, 3.05) is 25.0 Å². The minimum Gasteiger partial charge on any atom is -0.327 e. The van der Waals surface area contributed by atoms with E-state index in [1.165, 1.54) is 14.6 Å². The first-order valence-corrected chi connectivity index (χ1v) is 10.5. The summed E-state index contributed by atoms with van der Waals surface area (Å²) in [5.74, 6) is 0.563. The monoisotopic (exact) mass is 400 g/mol. The Hall–Kier alpha value is -1.95. The molecular formula is C21H23ClN3OS+. The molecule has 2 N–H and O–H groups in total. The standard InChI is InChI=1S/C21H22ClN3OS/c1-14-6-7-16(12-17(14)22)23-20(26)13-25-10-8-15(9-11-25)21-24-18-4-2-3-5-19(18)27-21/h2-7,12,15H,8-11,13H2,1H3,(H,23,26)/p+1. The van der Waals surface area contributed by atoms with E-state index in [1.807, 2.05) is 42.5 Å². The fraction of sp³-hybridized carbons (Fsp3) is 0.333. The van der Waals surface area contributed by atoms with Gasteiger partial charge in [0.05, 0.1) is 28.3 Å². The molecule has 27 heavy (non-hydrogen) atoms. The molecule has 2 heterocycles. The number of hydrogen-bond acceptors (Lipinski definition) is 3. The van der Waals surface area contributed by atoms with E-state index in [4.69, 9.17) is 16.6 Å². The highest BCUT2D eigenvalue weighted by Crippen LogP contribution is 2.31. The van der Waals surface area contributed by atoms with Crippen LogP contribution in [0.15, 0.2) is 42.5 Å². The maximum absolute atomic E-state index is 12.4. The second kappa shape index (κ2) is 7.97. The molecule has 0 saturated carbocycles. The Balaban J connectivity index is 1.31. The molecule has 1 saturated heterocycles. The topological polar surface area (TPSA) is 46.4 Å². The van der Waals surface area contributed by atoms with Gasteiger partial charge in [0.25, 0.3) is 5.91 Å². The third-order valence-electron chi connectivity index (χ3n) is 5.22. The number of carbonyl (C=O) groups excluding carboxylic acids is 1. The summed E-state index contributed by atoms with van der Waals surface area (Å²) in [5, 5.41) is 4.89. The Labute approximate surface area is 168 Å². The van der Waals surface area contributed by atoms with Crippen LogP contribution in [-0.2, 0) is 4.79 Å². The normalized spacial score (nSPS) is 19.9. The molecule has 1 aliphatic heterocycles. The number of carbonyl (C=O) groups is 1. The molecule has 0 aliphatic carbocycles. The molecule has 1 aromatic heterocycles. The number of halogens is 1. The van der Waals surface area contributed by atoms with Gasteiger partial charge in [-0.1, -0.05) is 29.8 Å². The third-order valence-corrected chi connectivity index (χ3v) is 6.82. The summed E-state index contributed by atoms with van der Waals surface area (Å²) in [6.07, 6.45) is 2.16. The van der Waals surface area contributed by atoms with E-state index in [0.29, 0.717) is 17.5 Å². The summed E-state index contributed by atoms with van der Waals surface area (Å²) in [6.45, 7) is 4.46. The van der Waals surface area contributed by atoms with Crippen LogP contribution >= 0.6 is 22.9 Å². The summed E-state index contributed by atoms with van der Waals surface area (Å²) >= 11 is 7.94. The molecule has 3 aromatic rings. The number of fused-ring (bicyclic) bond motifs is 1. The van der Waals surface area contributed by atoms with Crippen LogP contribution < -0.4 is 10.2 Å². The second-order valence-corrected chi connectivity index (χ2v) is 8.70. The van der Waals surface area contributed by atoms with Crippen molar-refractivity contribution in [2.24, 2.45) is 0 Å². The molecule has 4 nitrogen and oxygen atoms in total. The highest BCUT2D eigenvalue weighted by atomic mass is 35.5. The number of likely N-dealkylation sites (tertiary alicyclic amines) is 1. The van der Waals surface area contributed by atoms with E-state index < -0.39 is 0 Å². The fourth-order valence-corrected chi connectivity index (χ4v) is 4.93.